The topological polar surface area (TPSA) is 50.4 Å². The molecule has 4 nitrogen and oxygen atoms in total. The SMILES string of the molecule is CC(C)CC1(CNC(=O)CC2CNCCO2)CCCC1. The third-order valence-electron chi connectivity index (χ3n) is 4.58. The molecule has 1 saturated heterocycles. The summed E-state index contributed by atoms with van der Waals surface area (Å²) in [5.74, 6) is 0.851. The highest BCUT2D eigenvalue weighted by Crippen LogP contribution is 2.42. The Morgan fingerprint density at radius 2 is 2.15 bits per heavy atom. The average Bonchev–Trinajstić information content (AvgIpc) is 2.86. The van der Waals surface area contributed by atoms with E-state index in [4.69, 9.17) is 4.74 Å². The van der Waals surface area contributed by atoms with Crippen LogP contribution in [0.15, 0.2) is 0 Å². The zero-order valence-corrected chi connectivity index (χ0v) is 13.0. The van der Waals surface area contributed by atoms with E-state index in [0.29, 0.717) is 17.8 Å². The van der Waals surface area contributed by atoms with Crippen LogP contribution in [0.25, 0.3) is 0 Å². The fourth-order valence-corrected chi connectivity index (χ4v) is 3.76. The van der Waals surface area contributed by atoms with Gasteiger partial charge in [-0.25, -0.2) is 0 Å². The highest BCUT2D eigenvalue weighted by Gasteiger charge is 2.34. The Morgan fingerprint density at radius 3 is 2.75 bits per heavy atom. The standard InChI is InChI=1S/C16H30N2O2/c1-13(2)10-16(5-3-4-6-16)12-18-15(19)9-14-11-17-7-8-20-14/h13-14,17H,3-12H2,1-2H3,(H,18,19). The fourth-order valence-electron chi connectivity index (χ4n) is 3.76. The molecule has 0 bridgehead atoms. The van der Waals surface area contributed by atoms with E-state index in [1.54, 1.807) is 0 Å². The number of ether oxygens (including phenoxy) is 1. The Balaban J connectivity index is 1.75. The molecular formula is C16H30N2O2. The summed E-state index contributed by atoms with van der Waals surface area (Å²) in [6, 6.07) is 0. The van der Waals surface area contributed by atoms with Gasteiger partial charge in [-0.3, -0.25) is 4.79 Å². The molecule has 0 spiro atoms. The summed E-state index contributed by atoms with van der Waals surface area (Å²) in [5, 5.41) is 6.44. The quantitative estimate of drug-likeness (QED) is 0.784. The van der Waals surface area contributed by atoms with Crippen LogP contribution in [-0.2, 0) is 9.53 Å². The predicted octanol–water partition coefficient (Wildman–Crippen LogP) is 2.09. The lowest BCUT2D eigenvalue weighted by Gasteiger charge is -2.31. The van der Waals surface area contributed by atoms with Gasteiger partial charge in [-0.1, -0.05) is 26.7 Å². The molecule has 1 aliphatic heterocycles. The maximum Gasteiger partial charge on any atom is 0.222 e. The van der Waals surface area contributed by atoms with Gasteiger partial charge < -0.3 is 15.4 Å². The van der Waals surface area contributed by atoms with Gasteiger partial charge in [0, 0.05) is 19.6 Å². The number of amides is 1. The molecule has 0 aromatic heterocycles. The first-order chi connectivity index (χ1) is 9.60. The van der Waals surface area contributed by atoms with Gasteiger partial charge in [0.25, 0.3) is 0 Å². The molecule has 2 rings (SSSR count). The van der Waals surface area contributed by atoms with Crippen molar-refractivity contribution in [1.29, 1.82) is 0 Å². The number of carbonyl (C=O) groups is 1. The van der Waals surface area contributed by atoms with Gasteiger partial charge in [-0.05, 0) is 30.6 Å². The van der Waals surface area contributed by atoms with Crippen LogP contribution in [0.2, 0.25) is 0 Å². The van der Waals surface area contributed by atoms with E-state index in [0.717, 1.165) is 26.2 Å². The van der Waals surface area contributed by atoms with Crippen LogP contribution in [0.1, 0.15) is 52.4 Å². The van der Waals surface area contributed by atoms with Crippen molar-refractivity contribution in [2.45, 2.75) is 58.5 Å². The first-order valence-corrected chi connectivity index (χ1v) is 8.19. The molecule has 1 saturated carbocycles. The average molecular weight is 282 g/mol. The predicted molar refractivity (Wildman–Crippen MR) is 80.6 cm³/mol. The van der Waals surface area contributed by atoms with E-state index in [2.05, 4.69) is 24.5 Å². The third kappa shape index (κ3) is 4.74. The largest absolute Gasteiger partial charge is 0.375 e. The molecule has 116 valence electrons. The van der Waals surface area contributed by atoms with Crippen LogP contribution in [0.3, 0.4) is 0 Å². The Bertz CT molecular complexity index is 306. The van der Waals surface area contributed by atoms with Crippen LogP contribution in [0.5, 0.6) is 0 Å². The molecule has 2 fully saturated rings. The van der Waals surface area contributed by atoms with Crippen molar-refractivity contribution < 1.29 is 9.53 Å². The lowest BCUT2D eigenvalue weighted by Crippen LogP contribution is -2.43. The van der Waals surface area contributed by atoms with Crippen LogP contribution in [-0.4, -0.2) is 38.3 Å². The molecule has 2 aliphatic rings. The maximum absolute atomic E-state index is 12.1. The Kier molecular flexibility index (Phi) is 5.85. The summed E-state index contributed by atoms with van der Waals surface area (Å²) < 4.78 is 5.59. The summed E-state index contributed by atoms with van der Waals surface area (Å²) in [6.45, 7) is 7.83. The number of morpholine rings is 1. The molecule has 0 aromatic carbocycles. The lowest BCUT2D eigenvalue weighted by molar-refractivity contribution is -0.125. The van der Waals surface area contributed by atoms with Gasteiger partial charge in [0.1, 0.15) is 0 Å². The van der Waals surface area contributed by atoms with Gasteiger partial charge in [0.15, 0.2) is 0 Å². The van der Waals surface area contributed by atoms with Crippen molar-refractivity contribution >= 4 is 5.91 Å². The molecule has 1 atom stereocenters. The maximum atomic E-state index is 12.1. The fraction of sp³-hybridized carbons (Fsp3) is 0.938. The Morgan fingerprint density at radius 1 is 1.40 bits per heavy atom. The van der Waals surface area contributed by atoms with Crippen molar-refractivity contribution in [2.24, 2.45) is 11.3 Å². The van der Waals surface area contributed by atoms with Crippen LogP contribution in [0, 0.1) is 11.3 Å². The third-order valence-corrected chi connectivity index (χ3v) is 4.58. The molecular weight excluding hydrogens is 252 g/mol. The van der Waals surface area contributed by atoms with Crippen molar-refractivity contribution in [3.05, 3.63) is 0 Å². The smallest absolute Gasteiger partial charge is 0.222 e. The van der Waals surface area contributed by atoms with E-state index < -0.39 is 0 Å². The second-order valence-corrected chi connectivity index (χ2v) is 6.98. The number of nitrogens with one attached hydrogen (secondary N) is 2. The minimum Gasteiger partial charge on any atom is -0.375 e. The van der Waals surface area contributed by atoms with Crippen molar-refractivity contribution in [2.75, 3.05) is 26.2 Å². The van der Waals surface area contributed by atoms with Gasteiger partial charge in [-0.15, -0.1) is 0 Å². The molecule has 4 heteroatoms. The van der Waals surface area contributed by atoms with E-state index in [1.807, 2.05) is 0 Å². The van der Waals surface area contributed by atoms with Crippen molar-refractivity contribution in [3.8, 4) is 0 Å². The molecule has 0 radical (unpaired) electrons. The minimum absolute atomic E-state index is 0.0494. The highest BCUT2D eigenvalue weighted by atomic mass is 16.5. The minimum atomic E-state index is 0.0494. The summed E-state index contributed by atoms with van der Waals surface area (Å²) >= 11 is 0. The Labute approximate surface area is 123 Å². The van der Waals surface area contributed by atoms with E-state index >= 15 is 0 Å². The van der Waals surface area contributed by atoms with Crippen molar-refractivity contribution in [1.82, 2.24) is 10.6 Å². The summed E-state index contributed by atoms with van der Waals surface area (Å²) in [5.41, 5.74) is 0.357. The van der Waals surface area contributed by atoms with Crippen LogP contribution in [0.4, 0.5) is 0 Å². The number of hydrogen-bond acceptors (Lipinski definition) is 3. The molecule has 0 aromatic rings. The van der Waals surface area contributed by atoms with Crippen LogP contribution >= 0.6 is 0 Å². The molecule has 1 heterocycles. The molecule has 1 aliphatic carbocycles. The summed E-state index contributed by atoms with van der Waals surface area (Å²) in [7, 11) is 0. The first kappa shape index (κ1) is 15.8. The second kappa shape index (κ2) is 7.41. The van der Waals surface area contributed by atoms with Gasteiger partial charge in [-0.2, -0.15) is 0 Å². The first-order valence-electron chi connectivity index (χ1n) is 8.19. The molecule has 20 heavy (non-hydrogen) atoms. The van der Waals surface area contributed by atoms with Gasteiger partial charge >= 0.3 is 0 Å². The van der Waals surface area contributed by atoms with Crippen molar-refractivity contribution in [3.63, 3.8) is 0 Å². The van der Waals surface area contributed by atoms with E-state index in [-0.39, 0.29) is 12.0 Å². The molecule has 1 unspecified atom stereocenters. The zero-order valence-electron chi connectivity index (χ0n) is 13.0. The summed E-state index contributed by atoms with van der Waals surface area (Å²) in [6.07, 6.45) is 6.95. The molecule has 1 amide bonds. The number of rotatable bonds is 6. The second-order valence-electron chi connectivity index (χ2n) is 6.98. The summed E-state index contributed by atoms with van der Waals surface area (Å²) in [4.78, 5) is 12.1. The van der Waals surface area contributed by atoms with Gasteiger partial charge in [0.2, 0.25) is 5.91 Å². The lowest BCUT2D eigenvalue weighted by atomic mass is 9.78. The van der Waals surface area contributed by atoms with Gasteiger partial charge in [0.05, 0.1) is 19.1 Å². The normalized spacial score (nSPS) is 25.9. The van der Waals surface area contributed by atoms with Crippen LogP contribution < -0.4 is 10.6 Å². The van der Waals surface area contributed by atoms with E-state index in [1.165, 1.54) is 32.1 Å². The highest BCUT2D eigenvalue weighted by molar-refractivity contribution is 5.76. The number of hydrogen-bond donors (Lipinski definition) is 2. The Hall–Kier alpha value is -0.610. The molecule has 2 N–H and O–H groups in total. The monoisotopic (exact) mass is 282 g/mol. The zero-order chi connectivity index (χ0) is 14.4. The number of carbonyl (C=O) groups excluding carboxylic acids is 1. The van der Waals surface area contributed by atoms with E-state index in [9.17, 15) is 4.79 Å².